The summed E-state index contributed by atoms with van der Waals surface area (Å²) in [5.41, 5.74) is 0.759. The van der Waals surface area contributed by atoms with E-state index < -0.39 is 5.76 Å². The molecule has 1 aromatic carbocycles. The largest absolute Gasteiger partial charge is 0.460 e. The van der Waals surface area contributed by atoms with Crippen molar-refractivity contribution in [3.05, 3.63) is 39.8 Å². The summed E-state index contributed by atoms with van der Waals surface area (Å²) in [6.45, 7) is 0. The van der Waals surface area contributed by atoms with Crippen LogP contribution < -0.4 is 5.76 Å². The first kappa shape index (κ1) is 8.07. The zero-order valence-corrected chi connectivity index (χ0v) is 7.21. The van der Waals surface area contributed by atoms with E-state index in [0.717, 1.165) is 5.56 Å². The van der Waals surface area contributed by atoms with E-state index in [4.69, 9.17) is 11.6 Å². The van der Waals surface area contributed by atoms with Crippen molar-refractivity contribution in [1.29, 1.82) is 0 Å². The molecule has 0 atom stereocenters. The van der Waals surface area contributed by atoms with Gasteiger partial charge in [-0.1, -0.05) is 11.6 Å². The van der Waals surface area contributed by atoms with Crippen molar-refractivity contribution >= 4 is 11.6 Å². The average Bonchev–Trinajstić information content (AvgIpc) is 2.53. The predicted octanol–water partition coefficient (Wildman–Crippen LogP) is 1.68. The van der Waals surface area contributed by atoms with Crippen LogP contribution in [0, 0.1) is 0 Å². The molecule has 0 aliphatic carbocycles. The highest BCUT2D eigenvalue weighted by Crippen LogP contribution is 2.16. The molecule has 0 unspecified atom stereocenters. The van der Waals surface area contributed by atoms with Crippen LogP contribution in [0.25, 0.3) is 11.4 Å². The molecule has 4 nitrogen and oxygen atoms in total. The van der Waals surface area contributed by atoms with Crippen LogP contribution in [0.2, 0.25) is 5.02 Å². The number of hydrogen-bond acceptors (Lipinski definition) is 3. The number of aromatic nitrogens is 2. The zero-order valence-electron chi connectivity index (χ0n) is 6.45. The van der Waals surface area contributed by atoms with Gasteiger partial charge in [0.1, 0.15) is 0 Å². The van der Waals surface area contributed by atoms with Crippen LogP contribution in [0.4, 0.5) is 0 Å². The summed E-state index contributed by atoms with van der Waals surface area (Å²) in [5.74, 6) is -0.230. The molecule has 1 heterocycles. The molecule has 0 bridgehead atoms. The molecule has 1 N–H and O–H groups in total. The maximum atomic E-state index is 10.6. The van der Waals surface area contributed by atoms with E-state index in [-0.39, 0.29) is 0 Å². The Labute approximate surface area is 78.1 Å². The van der Waals surface area contributed by atoms with Crippen molar-refractivity contribution in [1.82, 2.24) is 10.1 Å². The Morgan fingerprint density at radius 3 is 2.54 bits per heavy atom. The fourth-order valence-corrected chi connectivity index (χ4v) is 1.09. The standard InChI is InChI=1S/C8H5ClN2O2/c9-6-3-1-5(2-4-6)7-10-8(12)13-11-7/h1-4H,(H,10,11,12). The lowest BCUT2D eigenvalue weighted by Crippen LogP contribution is -1.94. The van der Waals surface area contributed by atoms with Crippen LogP contribution in [0.1, 0.15) is 0 Å². The summed E-state index contributed by atoms with van der Waals surface area (Å²) >= 11 is 5.69. The zero-order chi connectivity index (χ0) is 9.26. The Hall–Kier alpha value is -1.55. The maximum absolute atomic E-state index is 10.6. The lowest BCUT2D eigenvalue weighted by atomic mass is 10.2. The molecule has 0 saturated heterocycles. The van der Waals surface area contributed by atoms with Crippen LogP contribution in [0.3, 0.4) is 0 Å². The summed E-state index contributed by atoms with van der Waals surface area (Å²) in [6.07, 6.45) is 0. The van der Waals surface area contributed by atoms with Gasteiger partial charge in [0, 0.05) is 10.6 Å². The van der Waals surface area contributed by atoms with Crippen LogP contribution in [0.15, 0.2) is 33.6 Å². The van der Waals surface area contributed by atoms with Crippen molar-refractivity contribution in [2.45, 2.75) is 0 Å². The topological polar surface area (TPSA) is 58.9 Å². The van der Waals surface area contributed by atoms with Gasteiger partial charge < -0.3 is 4.52 Å². The second-order valence-electron chi connectivity index (χ2n) is 2.44. The predicted molar refractivity (Wildman–Crippen MR) is 47.6 cm³/mol. The Morgan fingerprint density at radius 2 is 2.00 bits per heavy atom. The van der Waals surface area contributed by atoms with Gasteiger partial charge in [0.25, 0.3) is 0 Å². The van der Waals surface area contributed by atoms with Gasteiger partial charge in [-0.25, -0.2) is 4.79 Å². The number of rotatable bonds is 1. The number of aromatic amines is 1. The molecular formula is C8H5ClN2O2. The van der Waals surface area contributed by atoms with Crippen LogP contribution in [-0.4, -0.2) is 10.1 Å². The first-order valence-electron chi connectivity index (χ1n) is 3.57. The molecule has 0 aliphatic rings. The average molecular weight is 197 g/mol. The number of H-pyrrole nitrogens is 1. The van der Waals surface area contributed by atoms with Gasteiger partial charge in [-0.05, 0) is 24.3 Å². The molecule has 66 valence electrons. The highest BCUT2D eigenvalue weighted by molar-refractivity contribution is 6.30. The summed E-state index contributed by atoms with van der Waals surface area (Å²) in [7, 11) is 0. The SMILES string of the molecule is O=c1nc(-c2ccc(Cl)cc2)[nH]o1. The van der Waals surface area contributed by atoms with Crippen LogP contribution in [0.5, 0.6) is 0 Å². The minimum atomic E-state index is -0.634. The van der Waals surface area contributed by atoms with Crippen LogP contribution >= 0.6 is 11.6 Å². The Kier molecular flexibility index (Phi) is 1.90. The number of benzene rings is 1. The molecule has 2 aromatic rings. The second kappa shape index (κ2) is 3.06. The monoisotopic (exact) mass is 196 g/mol. The third-order valence-corrected chi connectivity index (χ3v) is 1.81. The van der Waals surface area contributed by atoms with Gasteiger partial charge in [-0.2, -0.15) is 10.1 Å². The number of nitrogens with one attached hydrogen (secondary N) is 1. The Bertz CT molecular complexity index is 457. The lowest BCUT2D eigenvalue weighted by molar-refractivity contribution is 0.388. The minimum Gasteiger partial charge on any atom is -0.321 e. The minimum absolute atomic E-state index is 0.404. The van der Waals surface area contributed by atoms with Gasteiger partial charge >= 0.3 is 5.76 Å². The maximum Gasteiger partial charge on any atom is 0.460 e. The van der Waals surface area contributed by atoms with E-state index in [9.17, 15) is 4.79 Å². The van der Waals surface area contributed by atoms with Crippen molar-refractivity contribution in [2.24, 2.45) is 0 Å². The van der Waals surface area contributed by atoms with Crippen molar-refractivity contribution in [2.75, 3.05) is 0 Å². The first-order valence-corrected chi connectivity index (χ1v) is 3.95. The molecule has 0 aliphatic heterocycles. The third-order valence-electron chi connectivity index (χ3n) is 1.56. The van der Waals surface area contributed by atoms with Gasteiger partial charge in [-0.3, -0.25) is 0 Å². The van der Waals surface area contributed by atoms with E-state index in [2.05, 4.69) is 14.7 Å². The lowest BCUT2D eigenvalue weighted by Gasteiger charge is -1.93. The van der Waals surface area contributed by atoms with Crippen molar-refractivity contribution in [3.8, 4) is 11.4 Å². The number of halogens is 1. The third kappa shape index (κ3) is 1.62. The van der Waals surface area contributed by atoms with Gasteiger partial charge in [0.15, 0.2) is 5.82 Å². The molecule has 5 heteroatoms. The quantitative estimate of drug-likeness (QED) is 0.755. The van der Waals surface area contributed by atoms with E-state index in [1.165, 1.54) is 0 Å². The molecule has 0 amide bonds. The van der Waals surface area contributed by atoms with Crippen molar-refractivity contribution < 1.29 is 4.52 Å². The van der Waals surface area contributed by atoms with Crippen molar-refractivity contribution in [3.63, 3.8) is 0 Å². The molecule has 0 fully saturated rings. The molecule has 0 spiro atoms. The van der Waals surface area contributed by atoms with E-state index in [1.54, 1.807) is 24.3 Å². The molecule has 0 radical (unpaired) electrons. The van der Waals surface area contributed by atoms with E-state index in [0.29, 0.717) is 10.8 Å². The smallest absolute Gasteiger partial charge is 0.321 e. The van der Waals surface area contributed by atoms with Gasteiger partial charge in [0.2, 0.25) is 0 Å². The molecule has 1 aromatic heterocycles. The summed E-state index contributed by atoms with van der Waals surface area (Å²) in [6, 6.07) is 6.92. The summed E-state index contributed by atoms with van der Waals surface area (Å²) < 4.78 is 4.42. The molecule has 2 rings (SSSR count). The fourth-order valence-electron chi connectivity index (χ4n) is 0.960. The van der Waals surface area contributed by atoms with Gasteiger partial charge in [-0.15, -0.1) is 0 Å². The molecule has 0 saturated carbocycles. The van der Waals surface area contributed by atoms with Crippen LogP contribution in [-0.2, 0) is 0 Å². The van der Waals surface area contributed by atoms with E-state index >= 15 is 0 Å². The number of nitrogens with zero attached hydrogens (tertiary/aromatic N) is 1. The highest BCUT2D eigenvalue weighted by Gasteiger charge is 2.02. The second-order valence-corrected chi connectivity index (χ2v) is 2.87. The first-order chi connectivity index (χ1) is 6.25. The number of hydrogen-bond donors (Lipinski definition) is 1. The molecular weight excluding hydrogens is 192 g/mol. The molecule has 13 heavy (non-hydrogen) atoms. The normalized spacial score (nSPS) is 10.2. The van der Waals surface area contributed by atoms with Gasteiger partial charge in [0.05, 0.1) is 0 Å². The summed E-state index contributed by atoms with van der Waals surface area (Å²) in [5, 5.41) is 3.03. The summed E-state index contributed by atoms with van der Waals surface area (Å²) in [4.78, 5) is 14.2. The van der Waals surface area contributed by atoms with E-state index in [1.807, 2.05) is 0 Å². The fraction of sp³-hybridized carbons (Fsp3) is 0. The Morgan fingerprint density at radius 1 is 1.31 bits per heavy atom. The Balaban J connectivity index is 2.47. The highest BCUT2D eigenvalue weighted by atomic mass is 35.5.